The molecule has 0 unspecified atom stereocenters. The van der Waals surface area contributed by atoms with E-state index in [1.165, 1.54) is 19.3 Å². The van der Waals surface area contributed by atoms with Crippen LogP contribution in [0.5, 0.6) is 0 Å². The van der Waals surface area contributed by atoms with E-state index in [2.05, 4.69) is 10.4 Å². The maximum Gasteiger partial charge on any atom is 0.260 e. The van der Waals surface area contributed by atoms with E-state index in [9.17, 15) is 4.79 Å². The van der Waals surface area contributed by atoms with E-state index in [0.717, 1.165) is 59.7 Å². The summed E-state index contributed by atoms with van der Waals surface area (Å²) in [5, 5.41) is 14.1. The minimum atomic E-state index is -0.155. The van der Waals surface area contributed by atoms with Crippen molar-refractivity contribution in [1.82, 2.24) is 19.6 Å². The summed E-state index contributed by atoms with van der Waals surface area (Å²) in [6, 6.07) is 17.4. The highest BCUT2D eigenvalue weighted by atomic mass is 35.5. The van der Waals surface area contributed by atoms with Gasteiger partial charge in [-0.2, -0.15) is 10.2 Å². The number of hydrogen-bond acceptors (Lipinski definition) is 3. The van der Waals surface area contributed by atoms with Gasteiger partial charge >= 0.3 is 0 Å². The molecule has 200 valence electrons. The number of anilines is 1. The van der Waals surface area contributed by atoms with Gasteiger partial charge < -0.3 is 5.32 Å². The Kier molecular flexibility index (Phi) is 6.09. The SMILES string of the molecule is Cc1cc(NC(=O)c2cn(-c3ccccc3)nc2C23CC4CC(CC(C4)C2)C3)nn1Cc1ccc(Cl)cc1Cl. The topological polar surface area (TPSA) is 64.7 Å². The fourth-order valence-corrected chi connectivity index (χ4v) is 8.24. The maximum atomic E-state index is 13.9. The molecule has 1 amide bonds. The zero-order valence-corrected chi connectivity index (χ0v) is 23.4. The Hall–Kier alpha value is -3.09. The summed E-state index contributed by atoms with van der Waals surface area (Å²) in [4.78, 5) is 13.9. The van der Waals surface area contributed by atoms with Crippen LogP contribution >= 0.6 is 23.2 Å². The quantitative estimate of drug-likeness (QED) is 0.266. The van der Waals surface area contributed by atoms with Gasteiger partial charge in [0.2, 0.25) is 0 Å². The van der Waals surface area contributed by atoms with Crippen LogP contribution < -0.4 is 5.32 Å². The van der Waals surface area contributed by atoms with Gasteiger partial charge in [-0.05, 0) is 93.0 Å². The highest BCUT2D eigenvalue weighted by Gasteiger charge is 2.54. The Labute approximate surface area is 238 Å². The first-order valence-electron chi connectivity index (χ1n) is 13.8. The van der Waals surface area contributed by atoms with E-state index in [1.54, 1.807) is 6.07 Å². The molecule has 1 N–H and O–H groups in total. The number of amides is 1. The summed E-state index contributed by atoms with van der Waals surface area (Å²) in [6.45, 7) is 2.46. The van der Waals surface area contributed by atoms with Crippen LogP contribution in [0, 0.1) is 24.7 Å². The molecular weight excluding hydrogens is 529 g/mol. The zero-order chi connectivity index (χ0) is 26.7. The van der Waals surface area contributed by atoms with Crippen LogP contribution in [0.1, 0.15) is 65.8 Å². The molecule has 4 saturated carbocycles. The lowest BCUT2D eigenvalue weighted by Crippen LogP contribution is -2.49. The normalized spacial score (nSPS) is 25.3. The molecule has 2 aromatic carbocycles. The molecule has 0 radical (unpaired) electrons. The Bertz CT molecular complexity index is 1520. The number of aryl methyl sites for hydroxylation is 1. The summed E-state index contributed by atoms with van der Waals surface area (Å²) in [5.41, 5.74) is 4.42. The molecule has 8 rings (SSSR count). The molecule has 4 fully saturated rings. The van der Waals surface area contributed by atoms with Crippen LogP contribution in [0.2, 0.25) is 10.0 Å². The highest BCUT2D eigenvalue weighted by molar-refractivity contribution is 6.35. The number of nitrogens with one attached hydrogen (secondary N) is 1. The summed E-state index contributed by atoms with van der Waals surface area (Å²) < 4.78 is 3.73. The number of halogens is 2. The third-order valence-electron chi connectivity index (χ3n) is 9.08. The second kappa shape index (κ2) is 9.53. The van der Waals surface area contributed by atoms with Crippen molar-refractivity contribution < 1.29 is 4.79 Å². The fourth-order valence-electron chi connectivity index (χ4n) is 7.77. The molecular formula is C31H31Cl2N5O. The number of carbonyl (C=O) groups excluding carboxylic acids is 1. The van der Waals surface area contributed by atoms with Crippen molar-refractivity contribution in [2.45, 2.75) is 57.4 Å². The van der Waals surface area contributed by atoms with Crippen LogP contribution in [0.4, 0.5) is 5.82 Å². The molecule has 39 heavy (non-hydrogen) atoms. The molecule has 4 bridgehead atoms. The van der Waals surface area contributed by atoms with Gasteiger partial charge in [0.25, 0.3) is 5.91 Å². The molecule has 0 spiro atoms. The lowest BCUT2D eigenvalue weighted by atomic mass is 9.48. The maximum absolute atomic E-state index is 13.9. The fraction of sp³-hybridized carbons (Fsp3) is 0.387. The molecule has 2 heterocycles. The second-order valence-corrected chi connectivity index (χ2v) is 12.7. The molecule has 0 aliphatic heterocycles. The second-order valence-electron chi connectivity index (χ2n) is 11.9. The van der Waals surface area contributed by atoms with Crippen LogP contribution in [0.3, 0.4) is 0 Å². The monoisotopic (exact) mass is 559 g/mol. The van der Waals surface area contributed by atoms with Gasteiger partial charge in [0.1, 0.15) is 0 Å². The van der Waals surface area contributed by atoms with E-state index in [4.69, 9.17) is 28.3 Å². The molecule has 8 heteroatoms. The third-order valence-corrected chi connectivity index (χ3v) is 9.67. The van der Waals surface area contributed by atoms with Crippen molar-refractivity contribution in [2.75, 3.05) is 5.32 Å². The summed E-state index contributed by atoms with van der Waals surface area (Å²) >= 11 is 12.5. The van der Waals surface area contributed by atoms with Crippen molar-refractivity contribution in [2.24, 2.45) is 17.8 Å². The largest absolute Gasteiger partial charge is 0.305 e. The number of nitrogens with zero attached hydrogens (tertiary/aromatic N) is 4. The Morgan fingerprint density at radius 2 is 1.67 bits per heavy atom. The van der Waals surface area contributed by atoms with E-state index in [-0.39, 0.29) is 11.3 Å². The van der Waals surface area contributed by atoms with Gasteiger partial charge in [0, 0.05) is 33.4 Å². The number of aromatic nitrogens is 4. The number of rotatable bonds is 6. The molecule has 6 nitrogen and oxygen atoms in total. The molecule has 4 aliphatic rings. The Balaban J connectivity index is 1.21. The van der Waals surface area contributed by atoms with Gasteiger partial charge in [0.05, 0.1) is 23.5 Å². The zero-order valence-electron chi connectivity index (χ0n) is 21.9. The van der Waals surface area contributed by atoms with Gasteiger partial charge in [-0.1, -0.05) is 47.5 Å². The minimum Gasteiger partial charge on any atom is -0.305 e. The van der Waals surface area contributed by atoms with Crippen LogP contribution in [0.15, 0.2) is 60.8 Å². The average Bonchev–Trinajstić information content (AvgIpc) is 3.50. The first-order valence-corrected chi connectivity index (χ1v) is 14.6. The lowest BCUT2D eigenvalue weighted by Gasteiger charge is -2.56. The Morgan fingerprint density at radius 1 is 0.974 bits per heavy atom. The first kappa shape index (κ1) is 24.9. The van der Waals surface area contributed by atoms with Crippen molar-refractivity contribution >= 4 is 34.9 Å². The number of hydrogen-bond donors (Lipinski definition) is 1. The van der Waals surface area contributed by atoms with Gasteiger partial charge in [-0.25, -0.2) is 4.68 Å². The molecule has 0 saturated heterocycles. The predicted molar refractivity (Wildman–Crippen MR) is 154 cm³/mol. The number of para-hydroxylation sites is 1. The molecule has 0 atom stereocenters. The third kappa shape index (κ3) is 4.57. The van der Waals surface area contributed by atoms with Crippen molar-refractivity contribution in [1.29, 1.82) is 0 Å². The first-order chi connectivity index (χ1) is 18.8. The summed E-state index contributed by atoms with van der Waals surface area (Å²) in [7, 11) is 0. The van der Waals surface area contributed by atoms with E-state index in [0.29, 0.717) is 28.0 Å². The van der Waals surface area contributed by atoms with E-state index >= 15 is 0 Å². The van der Waals surface area contributed by atoms with Crippen molar-refractivity contribution in [3.63, 3.8) is 0 Å². The summed E-state index contributed by atoms with van der Waals surface area (Å²) in [5.74, 6) is 2.63. The van der Waals surface area contributed by atoms with Crippen LogP contribution in [-0.2, 0) is 12.0 Å². The van der Waals surface area contributed by atoms with Gasteiger partial charge in [-0.3, -0.25) is 9.48 Å². The summed E-state index contributed by atoms with van der Waals surface area (Å²) in [6.07, 6.45) is 9.36. The average molecular weight is 561 g/mol. The number of benzene rings is 2. The number of carbonyl (C=O) groups is 1. The predicted octanol–water partition coefficient (Wildman–Crippen LogP) is 7.45. The highest BCUT2D eigenvalue weighted by Crippen LogP contribution is 2.61. The Morgan fingerprint density at radius 3 is 2.33 bits per heavy atom. The molecule has 2 aromatic heterocycles. The van der Waals surface area contributed by atoms with E-state index in [1.807, 2.05) is 71.0 Å². The van der Waals surface area contributed by atoms with Crippen LogP contribution in [-0.4, -0.2) is 25.5 Å². The van der Waals surface area contributed by atoms with Gasteiger partial charge in [-0.15, -0.1) is 0 Å². The van der Waals surface area contributed by atoms with Gasteiger partial charge in [0.15, 0.2) is 5.82 Å². The lowest BCUT2D eigenvalue weighted by molar-refractivity contribution is -0.00765. The molecule has 4 aromatic rings. The standard InChI is InChI=1S/C31H31Cl2N5O/c1-19-9-28(35-37(19)17-23-7-8-24(32)13-27(23)33)34-30(39)26-18-38(25-5-3-2-4-6-25)36-29(26)31-14-20-10-21(15-31)12-22(11-20)16-31/h2-9,13,18,20-22H,10-12,14-17H2,1H3,(H,34,35,39). The van der Waals surface area contributed by atoms with Crippen molar-refractivity contribution in [3.8, 4) is 5.69 Å². The molecule has 4 aliphatic carbocycles. The minimum absolute atomic E-state index is 0.0118. The van der Waals surface area contributed by atoms with Crippen molar-refractivity contribution in [3.05, 3.63) is 93.4 Å². The van der Waals surface area contributed by atoms with E-state index < -0.39 is 0 Å². The smallest absolute Gasteiger partial charge is 0.260 e. The van der Waals surface area contributed by atoms with Crippen LogP contribution in [0.25, 0.3) is 5.69 Å².